The van der Waals surface area contributed by atoms with Crippen molar-refractivity contribution in [3.05, 3.63) is 35.9 Å². The number of hydrogen-bond acceptors (Lipinski definition) is 5. The van der Waals surface area contributed by atoms with Gasteiger partial charge in [0.15, 0.2) is 0 Å². The molecule has 0 fully saturated rings. The monoisotopic (exact) mass is 302 g/mol. The number of nitrogens with zero attached hydrogens (tertiary/aromatic N) is 1. The van der Waals surface area contributed by atoms with Crippen molar-refractivity contribution >= 4 is 18.0 Å². The van der Waals surface area contributed by atoms with Gasteiger partial charge in [0.2, 0.25) is 0 Å². The standard InChI is InChI=1S/C17H22N2O3/c1-16(2,3)22-15(21)14-11-17(12-20,19-18-14)10-9-13-7-5-4-6-8-13/h4-8,12,19H,9-11H2,1-3H3/t17-/m1/s1. The highest BCUT2D eigenvalue weighted by Gasteiger charge is 2.39. The highest BCUT2D eigenvalue weighted by atomic mass is 16.6. The van der Waals surface area contributed by atoms with Gasteiger partial charge in [0, 0.05) is 6.42 Å². The summed E-state index contributed by atoms with van der Waals surface area (Å²) in [6, 6.07) is 9.92. The minimum Gasteiger partial charge on any atom is -0.455 e. The Morgan fingerprint density at radius 2 is 2.05 bits per heavy atom. The quantitative estimate of drug-likeness (QED) is 0.669. The van der Waals surface area contributed by atoms with Crippen LogP contribution in [0.5, 0.6) is 0 Å². The first-order valence-electron chi connectivity index (χ1n) is 7.41. The third-order valence-electron chi connectivity index (χ3n) is 3.46. The molecule has 1 atom stereocenters. The summed E-state index contributed by atoms with van der Waals surface area (Å²) in [6.45, 7) is 5.41. The molecule has 1 N–H and O–H groups in total. The second-order valence-corrected chi connectivity index (χ2v) is 6.61. The summed E-state index contributed by atoms with van der Waals surface area (Å²) in [6.07, 6.45) is 2.43. The molecule has 0 bridgehead atoms. The van der Waals surface area contributed by atoms with Gasteiger partial charge in [-0.25, -0.2) is 4.79 Å². The van der Waals surface area contributed by atoms with E-state index >= 15 is 0 Å². The molecule has 1 aliphatic rings. The lowest BCUT2D eigenvalue weighted by Crippen LogP contribution is -2.42. The van der Waals surface area contributed by atoms with E-state index in [9.17, 15) is 9.59 Å². The molecule has 22 heavy (non-hydrogen) atoms. The van der Waals surface area contributed by atoms with Gasteiger partial charge in [-0.15, -0.1) is 0 Å². The van der Waals surface area contributed by atoms with E-state index < -0.39 is 17.1 Å². The lowest BCUT2D eigenvalue weighted by molar-refractivity contribution is -0.146. The minimum atomic E-state index is -0.817. The predicted octanol–water partition coefficient (Wildman–Crippen LogP) is 2.25. The Labute approximate surface area is 130 Å². The topological polar surface area (TPSA) is 67.8 Å². The molecular formula is C17H22N2O3. The number of hydrogen-bond donors (Lipinski definition) is 1. The first kappa shape index (κ1) is 16.2. The van der Waals surface area contributed by atoms with Crippen molar-refractivity contribution in [2.45, 2.75) is 51.2 Å². The maximum Gasteiger partial charge on any atom is 0.355 e. The molecule has 0 aromatic heterocycles. The molecule has 0 unspecified atom stereocenters. The summed E-state index contributed by atoms with van der Waals surface area (Å²) in [5.41, 5.74) is 2.86. The Kier molecular flexibility index (Phi) is 4.64. The van der Waals surface area contributed by atoms with Crippen molar-refractivity contribution in [3.63, 3.8) is 0 Å². The smallest absolute Gasteiger partial charge is 0.355 e. The largest absolute Gasteiger partial charge is 0.455 e. The van der Waals surface area contributed by atoms with Crippen molar-refractivity contribution in [2.24, 2.45) is 5.10 Å². The summed E-state index contributed by atoms with van der Waals surface area (Å²) < 4.78 is 5.30. The summed E-state index contributed by atoms with van der Waals surface area (Å²) in [5, 5.41) is 4.02. The lowest BCUT2D eigenvalue weighted by atomic mass is 9.89. The van der Waals surface area contributed by atoms with Crippen molar-refractivity contribution in [3.8, 4) is 0 Å². The second kappa shape index (κ2) is 6.30. The van der Waals surface area contributed by atoms with Gasteiger partial charge >= 0.3 is 5.97 Å². The molecule has 1 aromatic rings. The Hall–Kier alpha value is -2.17. The SMILES string of the molecule is CC(C)(C)OC(=O)C1=NN[C@](C=O)(CCc2ccccc2)C1. The Bertz CT molecular complexity index is 575. The van der Waals surface area contributed by atoms with Crippen LogP contribution in [-0.2, 0) is 20.7 Å². The zero-order chi connectivity index (χ0) is 16.2. The molecule has 0 radical (unpaired) electrons. The fourth-order valence-electron chi connectivity index (χ4n) is 2.29. The average Bonchev–Trinajstić information content (AvgIpc) is 2.90. The van der Waals surface area contributed by atoms with Crippen LogP contribution in [-0.4, -0.2) is 29.1 Å². The number of carbonyl (C=O) groups is 2. The van der Waals surface area contributed by atoms with Gasteiger partial charge in [0.25, 0.3) is 0 Å². The normalized spacial score (nSPS) is 21.0. The Balaban J connectivity index is 1.97. The third kappa shape index (κ3) is 4.16. The van der Waals surface area contributed by atoms with E-state index in [2.05, 4.69) is 10.5 Å². The van der Waals surface area contributed by atoms with Crippen LogP contribution in [0.25, 0.3) is 0 Å². The van der Waals surface area contributed by atoms with Gasteiger partial charge in [-0.3, -0.25) is 5.43 Å². The number of nitrogens with one attached hydrogen (secondary N) is 1. The zero-order valence-electron chi connectivity index (χ0n) is 13.3. The number of benzene rings is 1. The van der Waals surface area contributed by atoms with Gasteiger partial charge in [-0.05, 0) is 39.2 Å². The molecule has 1 heterocycles. The number of rotatable bonds is 5. The van der Waals surface area contributed by atoms with Crippen molar-refractivity contribution in [1.29, 1.82) is 0 Å². The van der Waals surface area contributed by atoms with Gasteiger partial charge in [0.1, 0.15) is 23.1 Å². The first-order chi connectivity index (χ1) is 10.3. The van der Waals surface area contributed by atoms with E-state index in [4.69, 9.17) is 4.74 Å². The lowest BCUT2D eigenvalue weighted by Gasteiger charge is -2.22. The van der Waals surface area contributed by atoms with Gasteiger partial charge in [-0.1, -0.05) is 30.3 Å². The van der Waals surface area contributed by atoms with E-state index in [0.717, 1.165) is 18.3 Å². The average molecular weight is 302 g/mol. The number of ether oxygens (including phenoxy) is 1. The first-order valence-corrected chi connectivity index (χ1v) is 7.41. The molecule has 118 valence electrons. The van der Waals surface area contributed by atoms with E-state index in [1.54, 1.807) is 20.8 Å². The van der Waals surface area contributed by atoms with Crippen LogP contribution < -0.4 is 5.43 Å². The van der Waals surface area contributed by atoms with E-state index in [1.165, 1.54) is 0 Å². The minimum absolute atomic E-state index is 0.262. The van der Waals surface area contributed by atoms with Crippen molar-refractivity contribution < 1.29 is 14.3 Å². The fourth-order valence-corrected chi connectivity index (χ4v) is 2.29. The summed E-state index contributed by atoms with van der Waals surface area (Å²) in [7, 11) is 0. The fraction of sp³-hybridized carbons (Fsp3) is 0.471. The maximum atomic E-state index is 12.0. The van der Waals surface area contributed by atoms with Gasteiger partial charge in [-0.2, -0.15) is 5.10 Å². The van der Waals surface area contributed by atoms with Crippen LogP contribution in [0.2, 0.25) is 0 Å². The summed E-state index contributed by atoms with van der Waals surface area (Å²) >= 11 is 0. The molecule has 5 heteroatoms. The molecule has 2 rings (SSSR count). The highest BCUT2D eigenvalue weighted by Crippen LogP contribution is 2.23. The van der Waals surface area contributed by atoms with Crippen LogP contribution in [0, 0.1) is 0 Å². The Morgan fingerprint density at radius 1 is 1.36 bits per heavy atom. The number of esters is 1. The number of hydrazone groups is 1. The summed E-state index contributed by atoms with van der Waals surface area (Å²) in [5.74, 6) is -0.469. The second-order valence-electron chi connectivity index (χ2n) is 6.61. The summed E-state index contributed by atoms with van der Waals surface area (Å²) in [4.78, 5) is 23.5. The van der Waals surface area contributed by atoms with Crippen molar-refractivity contribution in [2.75, 3.05) is 0 Å². The number of carbonyl (C=O) groups excluding carboxylic acids is 2. The molecule has 0 spiro atoms. The third-order valence-corrected chi connectivity index (χ3v) is 3.46. The molecule has 1 aliphatic heterocycles. The molecule has 0 saturated heterocycles. The predicted molar refractivity (Wildman–Crippen MR) is 84.6 cm³/mol. The van der Waals surface area contributed by atoms with E-state index in [-0.39, 0.29) is 12.1 Å². The molecule has 0 amide bonds. The molecule has 1 aromatic carbocycles. The van der Waals surface area contributed by atoms with Crippen LogP contribution in [0.4, 0.5) is 0 Å². The zero-order valence-corrected chi connectivity index (χ0v) is 13.3. The number of aldehydes is 1. The Morgan fingerprint density at radius 3 is 2.64 bits per heavy atom. The van der Waals surface area contributed by atoms with E-state index in [0.29, 0.717) is 6.42 Å². The van der Waals surface area contributed by atoms with Crippen LogP contribution in [0.3, 0.4) is 0 Å². The molecule has 0 aliphatic carbocycles. The van der Waals surface area contributed by atoms with Gasteiger partial charge in [0.05, 0.1) is 0 Å². The molecular weight excluding hydrogens is 280 g/mol. The number of aryl methyl sites for hydroxylation is 1. The van der Waals surface area contributed by atoms with Crippen molar-refractivity contribution in [1.82, 2.24) is 5.43 Å². The van der Waals surface area contributed by atoms with E-state index in [1.807, 2.05) is 30.3 Å². The molecule has 0 saturated carbocycles. The highest BCUT2D eigenvalue weighted by molar-refractivity contribution is 6.37. The van der Waals surface area contributed by atoms with Crippen LogP contribution >= 0.6 is 0 Å². The van der Waals surface area contributed by atoms with Gasteiger partial charge < -0.3 is 9.53 Å². The van der Waals surface area contributed by atoms with Crippen LogP contribution in [0.15, 0.2) is 35.4 Å². The molecule has 5 nitrogen and oxygen atoms in total. The van der Waals surface area contributed by atoms with Crippen LogP contribution in [0.1, 0.15) is 39.2 Å². The maximum absolute atomic E-state index is 12.0.